The van der Waals surface area contributed by atoms with Crippen LogP contribution < -0.4 is 15.4 Å². The number of benzene rings is 1. The maximum atomic E-state index is 11.7. The smallest absolute Gasteiger partial charge is 0.233 e. The molecule has 5 heteroatoms. The van der Waals surface area contributed by atoms with Crippen LogP contribution in [0.4, 0.5) is 0 Å². The summed E-state index contributed by atoms with van der Waals surface area (Å²) in [5.41, 5.74) is 2.11. The zero-order chi connectivity index (χ0) is 14.9. The first-order valence-corrected chi connectivity index (χ1v) is 6.90. The fourth-order valence-electron chi connectivity index (χ4n) is 2.02. The molecular weight excluding hydrogens is 268 g/mol. The summed E-state index contributed by atoms with van der Waals surface area (Å²) in [6, 6.07) is 9.69. The van der Waals surface area contributed by atoms with Crippen molar-refractivity contribution in [3.8, 4) is 5.75 Å². The van der Waals surface area contributed by atoms with Gasteiger partial charge >= 0.3 is 0 Å². The van der Waals surface area contributed by atoms with Crippen molar-refractivity contribution in [3.63, 3.8) is 0 Å². The van der Waals surface area contributed by atoms with Crippen molar-refractivity contribution in [2.24, 2.45) is 0 Å². The fourth-order valence-corrected chi connectivity index (χ4v) is 2.02. The van der Waals surface area contributed by atoms with E-state index in [9.17, 15) is 4.79 Å². The summed E-state index contributed by atoms with van der Waals surface area (Å²) in [5.74, 6) is 0.832. The summed E-state index contributed by atoms with van der Waals surface area (Å²) in [6.07, 6.45) is 4.02. The van der Waals surface area contributed by atoms with E-state index in [-0.39, 0.29) is 12.5 Å². The van der Waals surface area contributed by atoms with Crippen LogP contribution in [0.1, 0.15) is 11.1 Å². The van der Waals surface area contributed by atoms with E-state index in [1.54, 1.807) is 19.6 Å². The van der Waals surface area contributed by atoms with E-state index in [1.807, 2.05) is 30.3 Å². The number of hydrogen-bond donors (Lipinski definition) is 2. The van der Waals surface area contributed by atoms with E-state index in [2.05, 4.69) is 10.6 Å². The Morgan fingerprint density at radius 1 is 1.29 bits per heavy atom. The van der Waals surface area contributed by atoms with Crippen molar-refractivity contribution < 1.29 is 13.9 Å². The molecule has 0 aliphatic carbocycles. The van der Waals surface area contributed by atoms with Crippen LogP contribution in [0.15, 0.2) is 47.3 Å². The summed E-state index contributed by atoms with van der Waals surface area (Å²) in [5, 5.41) is 5.94. The molecule has 2 aromatic rings. The quantitative estimate of drug-likeness (QED) is 0.776. The maximum Gasteiger partial charge on any atom is 0.233 e. The number of hydrogen-bond acceptors (Lipinski definition) is 4. The van der Waals surface area contributed by atoms with Gasteiger partial charge in [-0.1, -0.05) is 18.2 Å². The molecule has 112 valence electrons. The second-order valence-corrected chi connectivity index (χ2v) is 4.65. The molecule has 0 unspecified atom stereocenters. The van der Waals surface area contributed by atoms with E-state index in [1.165, 1.54) is 0 Å². The Hall–Kier alpha value is -2.27. The van der Waals surface area contributed by atoms with E-state index in [0.29, 0.717) is 13.1 Å². The molecule has 0 saturated carbocycles. The Morgan fingerprint density at radius 2 is 2.14 bits per heavy atom. The third-order valence-electron chi connectivity index (χ3n) is 3.10. The molecule has 0 spiro atoms. The van der Waals surface area contributed by atoms with Crippen LogP contribution in [0.25, 0.3) is 0 Å². The van der Waals surface area contributed by atoms with Gasteiger partial charge in [0, 0.05) is 18.7 Å². The number of carbonyl (C=O) groups excluding carboxylic acids is 1. The lowest BCUT2D eigenvalue weighted by Gasteiger charge is -2.09. The number of carbonyl (C=O) groups is 1. The molecule has 0 atom stereocenters. The van der Waals surface area contributed by atoms with Gasteiger partial charge in [-0.25, -0.2) is 0 Å². The summed E-state index contributed by atoms with van der Waals surface area (Å²) in [7, 11) is 1.65. The van der Waals surface area contributed by atoms with Gasteiger partial charge in [0.15, 0.2) is 0 Å². The van der Waals surface area contributed by atoms with Crippen molar-refractivity contribution in [3.05, 3.63) is 54.0 Å². The topological polar surface area (TPSA) is 63.5 Å². The average Bonchev–Trinajstić information content (AvgIpc) is 3.01. The highest BCUT2D eigenvalue weighted by Crippen LogP contribution is 2.17. The Kier molecular flexibility index (Phi) is 5.84. The normalized spacial score (nSPS) is 10.3. The predicted octanol–water partition coefficient (Wildman–Crippen LogP) is 1.74. The molecule has 1 aromatic carbocycles. The molecule has 0 fully saturated rings. The van der Waals surface area contributed by atoms with Gasteiger partial charge in [0.2, 0.25) is 5.91 Å². The van der Waals surface area contributed by atoms with Crippen molar-refractivity contribution in [2.75, 3.05) is 20.2 Å². The number of ether oxygens (including phenoxy) is 1. The zero-order valence-electron chi connectivity index (χ0n) is 12.1. The van der Waals surface area contributed by atoms with Crippen molar-refractivity contribution in [1.82, 2.24) is 10.6 Å². The molecule has 0 bridgehead atoms. The van der Waals surface area contributed by atoms with Gasteiger partial charge < -0.3 is 19.8 Å². The van der Waals surface area contributed by atoms with Gasteiger partial charge in [-0.05, 0) is 24.1 Å². The molecule has 1 amide bonds. The Bertz CT molecular complexity index is 552. The summed E-state index contributed by atoms with van der Waals surface area (Å²) >= 11 is 0. The van der Waals surface area contributed by atoms with Crippen molar-refractivity contribution in [2.45, 2.75) is 13.0 Å². The molecule has 2 N–H and O–H groups in total. The molecule has 5 nitrogen and oxygen atoms in total. The van der Waals surface area contributed by atoms with Crippen LogP contribution in [-0.4, -0.2) is 26.1 Å². The molecule has 0 radical (unpaired) electrons. The number of nitrogens with one attached hydrogen (secondary N) is 2. The number of rotatable bonds is 8. The number of furan rings is 1. The van der Waals surface area contributed by atoms with Gasteiger partial charge in [0.1, 0.15) is 5.75 Å². The molecule has 1 heterocycles. The molecule has 0 aliphatic heterocycles. The fraction of sp³-hybridized carbons (Fsp3) is 0.312. The van der Waals surface area contributed by atoms with Gasteiger partial charge in [-0.3, -0.25) is 4.79 Å². The summed E-state index contributed by atoms with van der Waals surface area (Å²) in [6.45, 7) is 1.50. The third kappa shape index (κ3) is 4.96. The lowest BCUT2D eigenvalue weighted by molar-refractivity contribution is -0.120. The first-order valence-electron chi connectivity index (χ1n) is 6.90. The Labute approximate surface area is 124 Å². The minimum Gasteiger partial charge on any atom is -0.496 e. The highest BCUT2D eigenvalue weighted by molar-refractivity contribution is 5.77. The lowest BCUT2D eigenvalue weighted by Crippen LogP contribution is -2.34. The second kappa shape index (κ2) is 8.11. The molecule has 1 aromatic heterocycles. The van der Waals surface area contributed by atoms with Gasteiger partial charge in [0.25, 0.3) is 0 Å². The lowest BCUT2D eigenvalue weighted by atomic mass is 10.1. The maximum absolute atomic E-state index is 11.7. The molecular formula is C16H20N2O3. The number of para-hydroxylation sites is 1. The molecule has 0 saturated heterocycles. The van der Waals surface area contributed by atoms with E-state index in [0.717, 1.165) is 23.3 Å². The first kappa shape index (κ1) is 15.1. The van der Waals surface area contributed by atoms with Crippen LogP contribution in [0.5, 0.6) is 5.75 Å². The largest absolute Gasteiger partial charge is 0.496 e. The average molecular weight is 288 g/mol. The second-order valence-electron chi connectivity index (χ2n) is 4.65. The van der Waals surface area contributed by atoms with Crippen molar-refractivity contribution >= 4 is 5.91 Å². The monoisotopic (exact) mass is 288 g/mol. The van der Waals surface area contributed by atoms with Gasteiger partial charge in [-0.15, -0.1) is 0 Å². The molecule has 21 heavy (non-hydrogen) atoms. The van der Waals surface area contributed by atoms with Crippen molar-refractivity contribution in [1.29, 1.82) is 0 Å². The van der Waals surface area contributed by atoms with Crippen LogP contribution in [0.2, 0.25) is 0 Å². The number of methoxy groups -OCH3 is 1. The van der Waals surface area contributed by atoms with E-state index < -0.39 is 0 Å². The molecule has 2 rings (SSSR count). The number of amides is 1. The van der Waals surface area contributed by atoms with Crippen LogP contribution >= 0.6 is 0 Å². The minimum absolute atomic E-state index is 0.0200. The highest BCUT2D eigenvalue weighted by Gasteiger charge is 2.04. The summed E-state index contributed by atoms with van der Waals surface area (Å²) < 4.78 is 10.2. The van der Waals surface area contributed by atoms with Gasteiger partial charge in [-0.2, -0.15) is 0 Å². The highest BCUT2D eigenvalue weighted by atomic mass is 16.5. The van der Waals surface area contributed by atoms with Crippen LogP contribution in [0, 0.1) is 0 Å². The predicted molar refractivity (Wildman–Crippen MR) is 80.1 cm³/mol. The summed E-state index contributed by atoms with van der Waals surface area (Å²) in [4.78, 5) is 11.7. The zero-order valence-corrected chi connectivity index (χ0v) is 12.1. The Balaban J connectivity index is 1.65. The van der Waals surface area contributed by atoms with Crippen LogP contribution in [0.3, 0.4) is 0 Å². The standard InChI is InChI=1S/C16H20N2O3/c1-20-15-5-3-2-4-14(15)6-8-18-16(19)11-17-10-13-7-9-21-12-13/h2-5,7,9,12,17H,6,8,10-11H2,1H3,(H,18,19). The molecule has 0 aliphatic rings. The Morgan fingerprint density at radius 3 is 2.90 bits per heavy atom. The SMILES string of the molecule is COc1ccccc1CCNC(=O)CNCc1ccoc1. The van der Waals surface area contributed by atoms with E-state index in [4.69, 9.17) is 9.15 Å². The third-order valence-corrected chi connectivity index (χ3v) is 3.10. The van der Waals surface area contributed by atoms with Crippen LogP contribution in [-0.2, 0) is 17.8 Å². The first-order chi connectivity index (χ1) is 10.3. The van der Waals surface area contributed by atoms with Gasteiger partial charge in [0.05, 0.1) is 26.2 Å². The van der Waals surface area contributed by atoms with E-state index >= 15 is 0 Å². The minimum atomic E-state index is -0.0200.